The zero-order valence-electron chi connectivity index (χ0n) is 9.55. The number of carbonyl (C=O) groups is 1. The van der Waals surface area contributed by atoms with Crippen LogP contribution in [-0.4, -0.2) is 28.8 Å². The Hall–Kier alpha value is -0.370. The number of ketones is 1. The van der Waals surface area contributed by atoms with E-state index in [9.17, 15) is 4.79 Å². The number of rotatable bonds is 1. The molecular weight excluding hydrogens is 174 g/mol. The van der Waals surface area contributed by atoms with E-state index in [2.05, 4.69) is 25.7 Å². The van der Waals surface area contributed by atoms with Crippen molar-refractivity contribution < 1.29 is 4.79 Å². The molecule has 80 valence electrons. The molecule has 0 aromatic carbocycles. The molecule has 1 heterocycles. The van der Waals surface area contributed by atoms with Crippen molar-refractivity contribution in [1.29, 1.82) is 0 Å². The Morgan fingerprint density at radius 3 is 2.64 bits per heavy atom. The maximum Gasteiger partial charge on any atom is 0.134 e. The Kier molecular flexibility index (Phi) is 2.42. The lowest BCUT2D eigenvalue weighted by Crippen LogP contribution is -2.62. The van der Waals surface area contributed by atoms with Crippen LogP contribution in [0.4, 0.5) is 0 Å². The van der Waals surface area contributed by atoms with Crippen molar-refractivity contribution in [2.75, 3.05) is 6.54 Å². The number of Topliss-reactive ketones (excluding diaryl/α,β-unsaturated/α-hetero) is 1. The highest BCUT2D eigenvalue weighted by Gasteiger charge is 2.43. The van der Waals surface area contributed by atoms with E-state index in [1.54, 1.807) is 0 Å². The summed E-state index contributed by atoms with van der Waals surface area (Å²) in [6.07, 6.45) is 3.98. The molecule has 1 aliphatic carbocycles. The zero-order valence-corrected chi connectivity index (χ0v) is 9.55. The Balaban J connectivity index is 2.05. The quantitative estimate of drug-likeness (QED) is 0.639. The largest absolute Gasteiger partial charge is 0.300 e. The van der Waals surface area contributed by atoms with Crippen LogP contribution in [0.25, 0.3) is 0 Å². The van der Waals surface area contributed by atoms with Crippen LogP contribution in [0, 0.1) is 5.92 Å². The minimum Gasteiger partial charge on any atom is -0.300 e. The van der Waals surface area contributed by atoms with E-state index >= 15 is 0 Å². The third-order valence-corrected chi connectivity index (χ3v) is 4.11. The van der Waals surface area contributed by atoms with Crippen molar-refractivity contribution in [3.63, 3.8) is 0 Å². The monoisotopic (exact) mass is 195 g/mol. The molecule has 0 N–H and O–H groups in total. The number of hydrogen-bond donors (Lipinski definition) is 0. The zero-order chi connectivity index (χ0) is 10.3. The second kappa shape index (κ2) is 3.34. The smallest absolute Gasteiger partial charge is 0.134 e. The van der Waals surface area contributed by atoms with Crippen LogP contribution in [0.3, 0.4) is 0 Å². The molecule has 2 nitrogen and oxygen atoms in total. The van der Waals surface area contributed by atoms with Gasteiger partial charge in [0.25, 0.3) is 0 Å². The summed E-state index contributed by atoms with van der Waals surface area (Å²) in [4.78, 5) is 14.0. The topological polar surface area (TPSA) is 20.3 Å². The van der Waals surface area contributed by atoms with Gasteiger partial charge in [0, 0.05) is 31.0 Å². The maximum absolute atomic E-state index is 11.4. The Labute approximate surface area is 86.7 Å². The van der Waals surface area contributed by atoms with Gasteiger partial charge in [0.15, 0.2) is 0 Å². The highest BCUT2D eigenvalue weighted by Crippen LogP contribution is 2.38. The second-order valence-corrected chi connectivity index (χ2v) is 5.58. The summed E-state index contributed by atoms with van der Waals surface area (Å²) < 4.78 is 0. The standard InChI is InChI=1S/C12H21NO/c1-9-4-5-10(14)8-11(9)13-7-6-12(13,2)3/h9,11H,4-8H2,1-3H3. The van der Waals surface area contributed by atoms with Crippen LogP contribution < -0.4 is 0 Å². The van der Waals surface area contributed by atoms with Gasteiger partial charge in [0.05, 0.1) is 0 Å². The molecule has 2 atom stereocenters. The molecular formula is C12H21NO. The molecule has 0 aromatic heterocycles. The van der Waals surface area contributed by atoms with Crippen molar-refractivity contribution in [2.45, 2.75) is 58.0 Å². The molecule has 1 saturated heterocycles. The molecule has 0 aromatic rings. The van der Waals surface area contributed by atoms with Gasteiger partial charge in [-0.25, -0.2) is 0 Å². The molecule has 0 radical (unpaired) electrons. The highest BCUT2D eigenvalue weighted by molar-refractivity contribution is 5.79. The first kappa shape index (κ1) is 10.2. The first-order chi connectivity index (χ1) is 6.50. The molecule has 0 amide bonds. The fourth-order valence-corrected chi connectivity index (χ4v) is 2.84. The highest BCUT2D eigenvalue weighted by atomic mass is 16.1. The van der Waals surface area contributed by atoms with E-state index in [1.807, 2.05) is 0 Å². The second-order valence-electron chi connectivity index (χ2n) is 5.58. The summed E-state index contributed by atoms with van der Waals surface area (Å²) in [5.41, 5.74) is 0.344. The van der Waals surface area contributed by atoms with Gasteiger partial charge >= 0.3 is 0 Å². The summed E-state index contributed by atoms with van der Waals surface area (Å²) in [5.74, 6) is 1.17. The normalized spacial score (nSPS) is 38.1. The molecule has 2 aliphatic rings. The first-order valence-electron chi connectivity index (χ1n) is 5.79. The van der Waals surface area contributed by atoms with Gasteiger partial charge in [-0.15, -0.1) is 0 Å². The van der Waals surface area contributed by atoms with E-state index in [-0.39, 0.29) is 0 Å². The van der Waals surface area contributed by atoms with Gasteiger partial charge in [0.1, 0.15) is 5.78 Å². The summed E-state index contributed by atoms with van der Waals surface area (Å²) in [6, 6.07) is 0.528. The fourth-order valence-electron chi connectivity index (χ4n) is 2.84. The SMILES string of the molecule is CC1CCC(=O)CC1N1CCC1(C)C. The minimum atomic E-state index is 0.344. The maximum atomic E-state index is 11.4. The van der Waals surface area contributed by atoms with Gasteiger partial charge in [-0.3, -0.25) is 9.69 Å². The molecule has 1 saturated carbocycles. The van der Waals surface area contributed by atoms with Crippen LogP contribution in [-0.2, 0) is 4.79 Å². The van der Waals surface area contributed by atoms with E-state index < -0.39 is 0 Å². The summed E-state index contributed by atoms with van der Waals surface area (Å²) in [5, 5.41) is 0. The van der Waals surface area contributed by atoms with Gasteiger partial charge in [-0.2, -0.15) is 0 Å². The van der Waals surface area contributed by atoms with E-state index in [0.29, 0.717) is 23.3 Å². The van der Waals surface area contributed by atoms with Gasteiger partial charge in [-0.1, -0.05) is 6.92 Å². The Morgan fingerprint density at radius 1 is 1.43 bits per heavy atom. The lowest BCUT2D eigenvalue weighted by molar-refractivity contribution is -0.127. The molecule has 2 fully saturated rings. The van der Waals surface area contributed by atoms with E-state index in [4.69, 9.17) is 0 Å². The van der Waals surface area contributed by atoms with Crippen molar-refractivity contribution in [2.24, 2.45) is 5.92 Å². The third kappa shape index (κ3) is 1.60. The summed E-state index contributed by atoms with van der Waals surface area (Å²) in [6.45, 7) is 8.07. The van der Waals surface area contributed by atoms with Crippen LogP contribution in [0.2, 0.25) is 0 Å². The molecule has 2 unspecified atom stereocenters. The molecule has 0 spiro atoms. The molecule has 14 heavy (non-hydrogen) atoms. The van der Waals surface area contributed by atoms with Crippen LogP contribution in [0.15, 0.2) is 0 Å². The van der Waals surface area contributed by atoms with Crippen LogP contribution in [0.5, 0.6) is 0 Å². The fraction of sp³-hybridized carbons (Fsp3) is 0.917. The number of nitrogens with zero attached hydrogens (tertiary/aromatic N) is 1. The van der Waals surface area contributed by atoms with Gasteiger partial charge < -0.3 is 0 Å². The Bertz CT molecular complexity index is 247. The summed E-state index contributed by atoms with van der Waals surface area (Å²) in [7, 11) is 0. The molecule has 2 heteroatoms. The molecule has 2 rings (SSSR count). The van der Waals surface area contributed by atoms with Crippen LogP contribution >= 0.6 is 0 Å². The van der Waals surface area contributed by atoms with Crippen molar-refractivity contribution in [1.82, 2.24) is 4.90 Å². The average molecular weight is 195 g/mol. The minimum absolute atomic E-state index is 0.344. The third-order valence-electron chi connectivity index (χ3n) is 4.11. The Morgan fingerprint density at radius 2 is 2.14 bits per heavy atom. The van der Waals surface area contributed by atoms with E-state index in [1.165, 1.54) is 13.0 Å². The van der Waals surface area contributed by atoms with Crippen molar-refractivity contribution >= 4 is 5.78 Å². The predicted molar refractivity (Wildman–Crippen MR) is 57.2 cm³/mol. The molecule has 0 bridgehead atoms. The average Bonchev–Trinajstić information content (AvgIpc) is 2.10. The predicted octanol–water partition coefficient (Wildman–Crippen LogP) is 2.23. The first-order valence-corrected chi connectivity index (χ1v) is 5.79. The van der Waals surface area contributed by atoms with Gasteiger partial charge in [-0.05, 0) is 32.6 Å². The van der Waals surface area contributed by atoms with Crippen LogP contribution in [0.1, 0.15) is 46.5 Å². The number of likely N-dealkylation sites (tertiary alicyclic amines) is 1. The van der Waals surface area contributed by atoms with Crippen molar-refractivity contribution in [3.05, 3.63) is 0 Å². The lowest BCUT2D eigenvalue weighted by atomic mass is 9.78. The molecule has 1 aliphatic heterocycles. The number of carbonyl (C=O) groups excluding carboxylic acids is 1. The van der Waals surface area contributed by atoms with E-state index in [0.717, 1.165) is 19.3 Å². The summed E-state index contributed by atoms with van der Waals surface area (Å²) >= 11 is 0. The van der Waals surface area contributed by atoms with Crippen molar-refractivity contribution in [3.8, 4) is 0 Å². The lowest BCUT2D eigenvalue weighted by Gasteiger charge is -2.55. The number of hydrogen-bond acceptors (Lipinski definition) is 2. The van der Waals surface area contributed by atoms with Gasteiger partial charge in [0.2, 0.25) is 0 Å².